The monoisotopic (exact) mass is 234 g/mol. The molecule has 1 amide bonds. The van der Waals surface area contributed by atoms with Crippen LogP contribution in [-0.4, -0.2) is 37.4 Å². The summed E-state index contributed by atoms with van der Waals surface area (Å²) in [5.41, 5.74) is 5.42. The summed E-state index contributed by atoms with van der Waals surface area (Å²) in [6.45, 7) is 3.03. The summed E-state index contributed by atoms with van der Waals surface area (Å²) in [4.78, 5) is 11.5. The summed E-state index contributed by atoms with van der Waals surface area (Å²) >= 11 is 0. The molecule has 5 nitrogen and oxygen atoms in total. The van der Waals surface area contributed by atoms with Gasteiger partial charge in [-0.2, -0.15) is 0 Å². The molecule has 15 heavy (non-hydrogen) atoms. The maximum absolute atomic E-state index is 11.6. The Balaban J connectivity index is 2.56. The predicted octanol–water partition coefficient (Wildman–Crippen LogP) is -0.584. The van der Waals surface area contributed by atoms with E-state index in [1.807, 2.05) is 0 Å². The van der Waals surface area contributed by atoms with Gasteiger partial charge in [-0.25, -0.2) is 8.42 Å². The Morgan fingerprint density at radius 3 is 2.40 bits per heavy atom. The van der Waals surface area contributed by atoms with E-state index in [-0.39, 0.29) is 11.8 Å². The Bertz CT molecular complexity index is 333. The highest BCUT2D eigenvalue weighted by atomic mass is 32.2. The van der Waals surface area contributed by atoms with Gasteiger partial charge in [0.05, 0.1) is 5.75 Å². The first-order chi connectivity index (χ1) is 6.83. The fraction of sp³-hybridized carbons (Fsp3) is 0.889. The van der Waals surface area contributed by atoms with Crippen LogP contribution in [0.15, 0.2) is 0 Å². The molecule has 6 heteroatoms. The summed E-state index contributed by atoms with van der Waals surface area (Å²) in [6, 6.07) is -0.253. The molecule has 0 aromatic heterocycles. The molecule has 1 aliphatic carbocycles. The van der Waals surface area contributed by atoms with Crippen molar-refractivity contribution in [2.75, 3.05) is 5.75 Å². The van der Waals surface area contributed by atoms with E-state index in [1.165, 1.54) is 6.92 Å². The van der Waals surface area contributed by atoms with Crippen LogP contribution in [0.3, 0.4) is 0 Å². The standard InChI is InChI=1S/C9H18N2O3S/c1-6(10)5-15(13,14)7(2)9(12)11-8-3-4-8/h6-8H,3-5,10H2,1-2H3,(H,11,12). The molecule has 0 aliphatic heterocycles. The van der Waals surface area contributed by atoms with E-state index >= 15 is 0 Å². The second-order valence-corrected chi connectivity index (χ2v) is 6.60. The van der Waals surface area contributed by atoms with E-state index in [1.54, 1.807) is 6.92 Å². The van der Waals surface area contributed by atoms with E-state index < -0.39 is 27.0 Å². The zero-order chi connectivity index (χ0) is 11.6. The fourth-order valence-corrected chi connectivity index (χ4v) is 2.64. The van der Waals surface area contributed by atoms with Gasteiger partial charge in [-0.3, -0.25) is 4.79 Å². The maximum Gasteiger partial charge on any atom is 0.238 e. The summed E-state index contributed by atoms with van der Waals surface area (Å²) in [6.07, 6.45) is 1.90. The molecule has 1 saturated carbocycles. The molecule has 0 aromatic rings. The van der Waals surface area contributed by atoms with Crippen molar-refractivity contribution in [2.24, 2.45) is 5.73 Å². The molecule has 0 radical (unpaired) electrons. The normalized spacial score (nSPS) is 20.7. The van der Waals surface area contributed by atoms with Crippen LogP contribution >= 0.6 is 0 Å². The van der Waals surface area contributed by atoms with Gasteiger partial charge in [-0.05, 0) is 26.7 Å². The van der Waals surface area contributed by atoms with E-state index in [2.05, 4.69) is 5.32 Å². The van der Waals surface area contributed by atoms with Gasteiger partial charge in [0.2, 0.25) is 5.91 Å². The second-order valence-electron chi connectivity index (χ2n) is 4.23. The lowest BCUT2D eigenvalue weighted by Gasteiger charge is -2.14. The van der Waals surface area contributed by atoms with E-state index in [9.17, 15) is 13.2 Å². The minimum absolute atomic E-state index is 0.147. The molecular weight excluding hydrogens is 216 g/mol. The van der Waals surface area contributed by atoms with Crippen LogP contribution in [0.25, 0.3) is 0 Å². The third-order valence-electron chi connectivity index (χ3n) is 2.33. The minimum Gasteiger partial charge on any atom is -0.352 e. The Kier molecular flexibility index (Phi) is 3.72. The molecule has 0 spiro atoms. The van der Waals surface area contributed by atoms with E-state index in [0.717, 1.165) is 12.8 Å². The smallest absolute Gasteiger partial charge is 0.238 e. The van der Waals surface area contributed by atoms with Gasteiger partial charge in [0.1, 0.15) is 5.25 Å². The molecule has 0 aromatic carbocycles. The Morgan fingerprint density at radius 1 is 1.47 bits per heavy atom. The summed E-state index contributed by atoms with van der Waals surface area (Å²) in [7, 11) is -3.41. The van der Waals surface area contributed by atoms with E-state index in [0.29, 0.717) is 0 Å². The number of nitrogens with one attached hydrogen (secondary N) is 1. The lowest BCUT2D eigenvalue weighted by molar-refractivity contribution is -0.120. The zero-order valence-corrected chi connectivity index (χ0v) is 9.88. The van der Waals surface area contributed by atoms with Crippen molar-refractivity contribution in [1.82, 2.24) is 5.32 Å². The summed E-state index contributed by atoms with van der Waals surface area (Å²) < 4.78 is 23.3. The first-order valence-corrected chi connectivity index (χ1v) is 6.82. The van der Waals surface area contributed by atoms with Crippen molar-refractivity contribution in [2.45, 2.75) is 44.0 Å². The highest BCUT2D eigenvalue weighted by Crippen LogP contribution is 2.19. The Hall–Kier alpha value is -0.620. The van der Waals surface area contributed by atoms with Crippen LogP contribution in [0.2, 0.25) is 0 Å². The zero-order valence-electron chi connectivity index (χ0n) is 9.06. The van der Waals surface area contributed by atoms with Crippen LogP contribution in [0.5, 0.6) is 0 Å². The lowest BCUT2D eigenvalue weighted by atomic mass is 10.4. The third kappa shape index (κ3) is 3.79. The molecule has 0 heterocycles. The molecule has 2 atom stereocenters. The van der Waals surface area contributed by atoms with Crippen molar-refractivity contribution in [3.8, 4) is 0 Å². The van der Waals surface area contributed by atoms with Gasteiger partial charge < -0.3 is 11.1 Å². The van der Waals surface area contributed by atoms with Gasteiger partial charge >= 0.3 is 0 Å². The first-order valence-electron chi connectivity index (χ1n) is 5.10. The Labute approximate surface area is 90.3 Å². The maximum atomic E-state index is 11.6. The van der Waals surface area contributed by atoms with Gasteiger partial charge in [0.25, 0.3) is 0 Å². The molecule has 0 saturated heterocycles. The van der Waals surface area contributed by atoms with Crippen molar-refractivity contribution in [1.29, 1.82) is 0 Å². The number of rotatable bonds is 5. The molecule has 88 valence electrons. The highest BCUT2D eigenvalue weighted by molar-refractivity contribution is 7.92. The third-order valence-corrected chi connectivity index (χ3v) is 4.61. The topological polar surface area (TPSA) is 89.3 Å². The van der Waals surface area contributed by atoms with E-state index in [4.69, 9.17) is 5.73 Å². The molecule has 0 bridgehead atoms. The highest BCUT2D eigenvalue weighted by Gasteiger charge is 2.32. The predicted molar refractivity (Wildman–Crippen MR) is 58.1 cm³/mol. The summed E-state index contributed by atoms with van der Waals surface area (Å²) in [5.74, 6) is -0.551. The lowest BCUT2D eigenvalue weighted by Crippen LogP contribution is -2.42. The quantitative estimate of drug-likeness (QED) is 0.665. The molecule has 2 unspecified atom stereocenters. The number of hydrogen-bond acceptors (Lipinski definition) is 4. The van der Waals surface area contributed by atoms with Crippen LogP contribution in [0.1, 0.15) is 26.7 Å². The van der Waals surface area contributed by atoms with Gasteiger partial charge in [0.15, 0.2) is 9.84 Å². The van der Waals surface area contributed by atoms with Crippen LogP contribution in [0.4, 0.5) is 0 Å². The molecule has 1 aliphatic rings. The first kappa shape index (κ1) is 12.4. The van der Waals surface area contributed by atoms with Gasteiger partial charge in [-0.1, -0.05) is 0 Å². The largest absolute Gasteiger partial charge is 0.352 e. The van der Waals surface area contributed by atoms with Crippen LogP contribution < -0.4 is 11.1 Å². The minimum atomic E-state index is -3.41. The number of amides is 1. The van der Waals surface area contributed by atoms with Crippen molar-refractivity contribution >= 4 is 15.7 Å². The van der Waals surface area contributed by atoms with Gasteiger partial charge in [-0.15, -0.1) is 0 Å². The van der Waals surface area contributed by atoms with Crippen LogP contribution in [0, 0.1) is 0 Å². The molecular formula is C9H18N2O3S. The average molecular weight is 234 g/mol. The number of hydrogen-bond donors (Lipinski definition) is 2. The molecule has 3 N–H and O–H groups in total. The van der Waals surface area contributed by atoms with Crippen molar-refractivity contribution in [3.05, 3.63) is 0 Å². The van der Waals surface area contributed by atoms with Crippen LogP contribution in [-0.2, 0) is 14.6 Å². The number of carbonyl (C=O) groups excluding carboxylic acids is 1. The molecule has 1 rings (SSSR count). The Morgan fingerprint density at radius 2 is 2.00 bits per heavy atom. The fourth-order valence-electron chi connectivity index (χ4n) is 1.22. The summed E-state index contributed by atoms with van der Waals surface area (Å²) in [5, 5.41) is 1.68. The SMILES string of the molecule is CC(N)CS(=O)(=O)C(C)C(=O)NC1CC1. The van der Waals surface area contributed by atoms with Gasteiger partial charge in [0, 0.05) is 12.1 Å². The van der Waals surface area contributed by atoms with Crippen molar-refractivity contribution in [3.63, 3.8) is 0 Å². The number of nitrogens with two attached hydrogens (primary N) is 1. The molecule has 1 fully saturated rings. The number of sulfone groups is 1. The second kappa shape index (κ2) is 4.49. The number of carbonyl (C=O) groups is 1. The average Bonchev–Trinajstić information content (AvgIpc) is 2.84. The van der Waals surface area contributed by atoms with Crippen molar-refractivity contribution < 1.29 is 13.2 Å².